The summed E-state index contributed by atoms with van der Waals surface area (Å²) in [5, 5.41) is 0. The van der Waals surface area contributed by atoms with Gasteiger partial charge in [0, 0.05) is 0 Å². The van der Waals surface area contributed by atoms with Gasteiger partial charge < -0.3 is 0 Å². The Balaban J connectivity index is 1.90. The number of rotatable bonds is 2. The summed E-state index contributed by atoms with van der Waals surface area (Å²) in [4.78, 5) is 4.83. The maximum absolute atomic E-state index is 4.83. The van der Waals surface area contributed by atoms with E-state index in [0.717, 1.165) is 23.1 Å². The summed E-state index contributed by atoms with van der Waals surface area (Å²) >= 11 is 0. The maximum atomic E-state index is 4.83. The number of hydrogen-bond donors (Lipinski definition) is 0. The Hall–Kier alpha value is -1.11. The lowest BCUT2D eigenvalue weighted by Crippen LogP contribution is -2.21. The highest BCUT2D eigenvalue weighted by Gasteiger charge is 2.22. The molecule has 0 saturated heterocycles. The molecule has 2 rings (SSSR count). The van der Waals surface area contributed by atoms with Crippen LogP contribution in [0.2, 0.25) is 0 Å². The van der Waals surface area contributed by atoms with Crippen molar-refractivity contribution in [1.82, 2.24) is 0 Å². The molecule has 0 aromatic heterocycles. The van der Waals surface area contributed by atoms with Gasteiger partial charge in [0.15, 0.2) is 0 Å². The lowest BCUT2D eigenvalue weighted by Gasteiger charge is -2.29. The summed E-state index contributed by atoms with van der Waals surface area (Å²) < 4.78 is 0. The zero-order chi connectivity index (χ0) is 12.3. The molecule has 0 heterocycles. The average molecular weight is 229 g/mol. The first-order chi connectivity index (χ1) is 8.15. The largest absolute Gasteiger partial charge is 0.282 e. The predicted molar refractivity (Wildman–Crippen MR) is 75.4 cm³/mol. The first-order valence-corrected chi connectivity index (χ1v) is 6.78. The zero-order valence-electron chi connectivity index (χ0n) is 11.0. The second-order valence-corrected chi connectivity index (χ2v) is 5.61. The van der Waals surface area contributed by atoms with Gasteiger partial charge in [0.1, 0.15) is 0 Å². The van der Waals surface area contributed by atoms with Gasteiger partial charge in [-0.3, -0.25) is 4.99 Å². The van der Waals surface area contributed by atoms with E-state index < -0.39 is 0 Å². The van der Waals surface area contributed by atoms with Crippen LogP contribution in [0, 0.1) is 11.8 Å². The molecular weight excluding hydrogens is 206 g/mol. The fraction of sp³-hybridized carbons (Fsp3) is 0.562. The molecule has 2 aliphatic rings. The smallest absolute Gasteiger partial charge is 0.0578 e. The van der Waals surface area contributed by atoms with Crippen molar-refractivity contribution in [3.8, 4) is 0 Å². The highest BCUT2D eigenvalue weighted by atomic mass is 14.8. The molecule has 0 atom stereocenters. The van der Waals surface area contributed by atoms with Crippen LogP contribution in [-0.4, -0.2) is 11.8 Å². The Bertz CT molecular complexity index is 345. The molecule has 0 bridgehead atoms. The molecule has 1 heteroatoms. The first kappa shape index (κ1) is 12.3. The normalized spacial score (nSPS) is 28.9. The molecule has 0 aliphatic heterocycles. The van der Waals surface area contributed by atoms with Crippen molar-refractivity contribution in [1.29, 1.82) is 0 Å². The Morgan fingerprint density at radius 1 is 1.06 bits per heavy atom. The van der Waals surface area contributed by atoms with E-state index in [4.69, 9.17) is 4.99 Å². The van der Waals surface area contributed by atoms with E-state index in [9.17, 15) is 0 Å². The molecular formula is C16H23N. The third kappa shape index (κ3) is 3.42. The van der Waals surface area contributed by atoms with E-state index in [1.807, 2.05) is 12.2 Å². The van der Waals surface area contributed by atoms with Gasteiger partial charge in [0.2, 0.25) is 0 Å². The molecule has 1 nitrogen and oxygen atoms in total. The van der Waals surface area contributed by atoms with Crippen molar-refractivity contribution in [2.24, 2.45) is 16.8 Å². The Kier molecular flexibility index (Phi) is 3.98. The summed E-state index contributed by atoms with van der Waals surface area (Å²) in [6, 6.07) is 0.542. The van der Waals surface area contributed by atoms with Crippen molar-refractivity contribution in [2.75, 3.05) is 0 Å². The topological polar surface area (TPSA) is 12.4 Å². The molecule has 0 spiro atoms. The Morgan fingerprint density at radius 2 is 1.65 bits per heavy atom. The minimum atomic E-state index is 0.542. The molecule has 1 saturated carbocycles. The van der Waals surface area contributed by atoms with Gasteiger partial charge in [0.25, 0.3) is 0 Å². The van der Waals surface area contributed by atoms with Gasteiger partial charge in [-0.15, -0.1) is 0 Å². The second kappa shape index (κ2) is 5.48. The lowest BCUT2D eigenvalue weighted by atomic mass is 9.80. The van der Waals surface area contributed by atoms with Crippen LogP contribution in [0.15, 0.2) is 41.4 Å². The van der Waals surface area contributed by atoms with Gasteiger partial charge in [-0.25, -0.2) is 0 Å². The SMILES string of the molecule is C=C1C=CC(=NC2CCC(C(C)C)CC2)C=C1. The van der Waals surface area contributed by atoms with Crippen LogP contribution >= 0.6 is 0 Å². The van der Waals surface area contributed by atoms with E-state index in [0.29, 0.717) is 6.04 Å². The molecule has 0 radical (unpaired) electrons. The number of hydrogen-bond acceptors (Lipinski definition) is 1. The third-order valence-electron chi connectivity index (χ3n) is 3.95. The van der Waals surface area contributed by atoms with Crippen LogP contribution in [0.25, 0.3) is 0 Å². The van der Waals surface area contributed by atoms with Gasteiger partial charge in [-0.05, 0) is 55.2 Å². The molecule has 0 amide bonds. The molecule has 0 aromatic rings. The quantitative estimate of drug-likeness (QED) is 0.668. The standard InChI is InChI=1S/C16H23N/c1-12(2)14-6-10-16(11-7-14)17-15-8-4-13(3)5-9-15/h4-5,8-9,12,14,16H,3,6-7,10-11H2,1-2H3. The number of aliphatic imine (C=N–C) groups is 1. The fourth-order valence-corrected chi connectivity index (χ4v) is 2.69. The van der Waals surface area contributed by atoms with Gasteiger partial charge in [-0.2, -0.15) is 0 Å². The van der Waals surface area contributed by atoms with Crippen molar-refractivity contribution < 1.29 is 0 Å². The van der Waals surface area contributed by atoms with Crippen molar-refractivity contribution >= 4 is 5.71 Å². The monoisotopic (exact) mass is 229 g/mol. The molecule has 92 valence electrons. The number of nitrogens with zero attached hydrogens (tertiary/aromatic N) is 1. The summed E-state index contributed by atoms with van der Waals surface area (Å²) in [5.74, 6) is 1.75. The Labute approximate surface area is 105 Å². The Morgan fingerprint density at radius 3 is 2.18 bits per heavy atom. The fourth-order valence-electron chi connectivity index (χ4n) is 2.69. The van der Waals surface area contributed by atoms with Gasteiger partial charge in [0.05, 0.1) is 11.8 Å². The minimum Gasteiger partial charge on any atom is -0.282 e. The minimum absolute atomic E-state index is 0.542. The van der Waals surface area contributed by atoms with E-state index in [-0.39, 0.29) is 0 Å². The lowest BCUT2D eigenvalue weighted by molar-refractivity contribution is 0.260. The zero-order valence-corrected chi connectivity index (χ0v) is 11.0. The van der Waals surface area contributed by atoms with E-state index in [1.54, 1.807) is 0 Å². The van der Waals surface area contributed by atoms with Gasteiger partial charge >= 0.3 is 0 Å². The molecule has 0 N–H and O–H groups in total. The summed E-state index contributed by atoms with van der Waals surface area (Å²) in [5.41, 5.74) is 2.18. The molecule has 2 aliphatic carbocycles. The summed E-state index contributed by atoms with van der Waals surface area (Å²) in [6.07, 6.45) is 13.5. The van der Waals surface area contributed by atoms with Crippen LogP contribution in [0.3, 0.4) is 0 Å². The highest BCUT2D eigenvalue weighted by molar-refractivity contribution is 6.05. The number of allylic oxidation sites excluding steroid dienone is 5. The highest BCUT2D eigenvalue weighted by Crippen LogP contribution is 2.31. The molecule has 1 fully saturated rings. The predicted octanol–water partition coefficient (Wildman–Crippen LogP) is 4.32. The van der Waals surface area contributed by atoms with E-state index in [2.05, 4.69) is 32.6 Å². The molecule has 0 unspecified atom stereocenters. The summed E-state index contributed by atoms with van der Waals surface area (Å²) in [6.45, 7) is 8.58. The van der Waals surface area contributed by atoms with Crippen LogP contribution in [-0.2, 0) is 0 Å². The van der Waals surface area contributed by atoms with Crippen molar-refractivity contribution in [2.45, 2.75) is 45.6 Å². The van der Waals surface area contributed by atoms with Crippen LogP contribution < -0.4 is 0 Å². The van der Waals surface area contributed by atoms with Crippen molar-refractivity contribution in [3.05, 3.63) is 36.5 Å². The summed E-state index contributed by atoms with van der Waals surface area (Å²) in [7, 11) is 0. The van der Waals surface area contributed by atoms with E-state index >= 15 is 0 Å². The van der Waals surface area contributed by atoms with Gasteiger partial charge in [-0.1, -0.05) is 32.6 Å². The molecule has 17 heavy (non-hydrogen) atoms. The average Bonchev–Trinajstić information content (AvgIpc) is 2.33. The van der Waals surface area contributed by atoms with Crippen LogP contribution in [0.1, 0.15) is 39.5 Å². The van der Waals surface area contributed by atoms with Crippen molar-refractivity contribution in [3.63, 3.8) is 0 Å². The first-order valence-electron chi connectivity index (χ1n) is 6.78. The molecule has 0 aromatic carbocycles. The maximum Gasteiger partial charge on any atom is 0.0578 e. The second-order valence-electron chi connectivity index (χ2n) is 5.61. The van der Waals surface area contributed by atoms with E-state index in [1.165, 1.54) is 25.7 Å². The van der Waals surface area contributed by atoms with Crippen LogP contribution in [0.4, 0.5) is 0 Å². The third-order valence-corrected chi connectivity index (χ3v) is 3.95. The van der Waals surface area contributed by atoms with Crippen LogP contribution in [0.5, 0.6) is 0 Å².